The van der Waals surface area contributed by atoms with Crippen LogP contribution in [0.1, 0.15) is 18.1 Å². The summed E-state index contributed by atoms with van der Waals surface area (Å²) in [6.45, 7) is 7.27. The van der Waals surface area contributed by atoms with E-state index in [4.69, 9.17) is 15.2 Å². The maximum atomic E-state index is 6.08. The lowest BCUT2D eigenvalue weighted by Crippen LogP contribution is -2.28. The minimum absolute atomic E-state index is 0.292. The van der Waals surface area contributed by atoms with Crippen LogP contribution in [0.2, 0.25) is 0 Å². The van der Waals surface area contributed by atoms with E-state index in [1.165, 1.54) is 11.1 Å². The first-order chi connectivity index (χ1) is 9.05. The van der Waals surface area contributed by atoms with Crippen LogP contribution in [0, 0.1) is 12.8 Å². The first-order valence-electron chi connectivity index (χ1n) is 6.74. The Hall–Kier alpha value is -1.26. The number of nitrogens with zero attached hydrogens (tertiary/aromatic N) is 1. The SMILES string of the molecule is COc1cc(C)c(CN2CC(C)C(N)C2)cc1OC. The molecule has 0 aromatic heterocycles. The van der Waals surface area contributed by atoms with Gasteiger partial charge < -0.3 is 15.2 Å². The van der Waals surface area contributed by atoms with Crippen molar-refractivity contribution in [2.45, 2.75) is 26.4 Å². The third kappa shape index (κ3) is 3.01. The number of hydrogen-bond acceptors (Lipinski definition) is 4. The molecule has 1 aliphatic heterocycles. The highest BCUT2D eigenvalue weighted by molar-refractivity contribution is 5.47. The maximum Gasteiger partial charge on any atom is 0.161 e. The van der Waals surface area contributed by atoms with Crippen LogP contribution < -0.4 is 15.2 Å². The van der Waals surface area contributed by atoms with Gasteiger partial charge in [0, 0.05) is 25.7 Å². The van der Waals surface area contributed by atoms with E-state index in [-0.39, 0.29) is 0 Å². The lowest BCUT2D eigenvalue weighted by Gasteiger charge is -2.18. The summed E-state index contributed by atoms with van der Waals surface area (Å²) in [7, 11) is 3.34. The van der Waals surface area contributed by atoms with Crippen LogP contribution in [-0.4, -0.2) is 38.3 Å². The molecule has 1 aliphatic rings. The fourth-order valence-electron chi connectivity index (χ4n) is 2.66. The summed E-state index contributed by atoms with van der Waals surface area (Å²) in [5.41, 5.74) is 8.58. The molecule has 2 unspecified atom stereocenters. The highest BCUT2D eigenvalue weighted by Crippen LogP contribution is 2.31. The largest absolute Gasteiger partial charge is 0.493 e. The Balaban J connectivity index is 2.16. The number of methoxy groups -OCH3 is 2. The predicted octanol–water partition coefficient (Wildman–Crippen LogP) is 1.79. The molecular weight excluding hydrogens is 240 g/mol. The molecule has 2 atom stereocenters. The first kappa shape index (κ1) is 14.2. The van der Waals surface area contributed by atoms with E-state index in [2.05, 4.69) is 24.8 Å². The number of rotatable bonds is 4. The van der Waals surface area contributed by atoms with Gasteiger partial charge in [-0.25, -0.2) is 0 Å². The molecule has 4 nitrogen and oxygen atoms in total. The van der Waals surface area contributed by atoms with E-state index in [0.29, 0.717) is 12.0 Å². The number of ether oxygens (including phenoxy) is 2. The normalized spacial score (nSPS) is 23.6. The van der Waals surface area contributed by atoms with Crippen LogP contribution in [0.5, 0.6) is 11.5 Å². The zero-order chi connectivity index (χ0) is 14.0. The molecule has 0 radical (unpaired) electrons. The van der Waals surface area contributed by atoms with Crippen LogP contribution >= 0.6 is 0 Å². The molecule has 106 valence electrons. The van der Waals surface area contributed by atoms with Crippen molar-refractivity contribution < 1.29 is 9.47 Å². The molecule has 1 aromatic carbocycles. The van der Waals surface area contributed by atoms with Crippen LogP contribution in [-0.2, 0) is 6.54 Å². The third-order valence-corrected chi connectivity index (χ3v) is 3.98. The Morgan fingerprint density at radius 3 is 2.37 bits per heavy atom. The summed E-state index contributed by atoms with van der Waals surface area (Å²) >= 11 is 0. The minimum atomic E-state index is 0.292. The third-order valence-electron chi connectivity index (χ3n) is 3.98. The van der Waals surface area contributed by atoms with Crippen molar-refractivity contribution in [3.05, 3.63) is 23.3 Å². The second kappa shape index (κ2) is 5.80. The fourth-order valence-corrected chi connectivity index (χ4v) is 2.66. The Morgan fingerprint density at radius 2 is 1.84 bits per heavy atom. The molecule has 2 rings (SSSR count). The van der Waals surface area contributed by atoms with Gasteiger partial charge in [0.05, 0.1) is 14.2 Å². The van der Waals surface area contributed by atoms with Crippen molar-refractivity contribution in [2.24, 2.45) is 11.7 Å². The smallest absolute Gasteiger partial charge is 0.161 e. The minimum Gasteiger partial charge on any atom is -0.493 e. The average molecular weight is 264 g/mol. The summed E-state index contributed by atoms with van der Waals surface area (Å²) in [5, 5.41) is 0. The molecule has 2 N–H and O–H groups in total. The fraction of sp³-hybridized carbons (Fsp3) is 0.600. The van der Waals surface area contributed by atoms with Gasteiger partial charge in [-0.15, -0.1) is 0 Å². The molecule has 1 saturated heterocycles. The highest BCUT2D eigenvalue weighted by Gasteiger charge is 2.26. The quantitative estimate of drug-likeness (QED) is 0.900. The zero-order valence-corrected chi connectivity index (χ0v) is 12.3. The van der Waals surface area contributed by atoms with Gasteiger partial charge in [0.1, 0.15) is 0 Å². The molecule has 1 aromatic rings. The van der Waals surface area contributed by atoms with E-state index < -0.39 is 0 Å². The summed E-state index contributed by atoms with van der Waals surface area (Å²) in [4.78, 5) is 2.41. The predicted molar refractivity (Wildman–Crippen MR) is 76.7 cm³/mol. The molecule has 4 heteroatoms. The lowest BCUT2D eigenvalue weighted by molar-refractivity contribution is 0.315. The topological polar surface area (TPSA) is 47.7 Å². The lowest BCUT2D eigenvalue weighted by atomic mass is 10.1. The second-order valence-corrected chi connectivity index (χ2v) is 5.47. The van der Waals surface area contributed by atoms with Crippen LogP contribution in [0.25, 0.3) is 0 Å². The molecule has 19 heavy (non-hydrogen) atoms. The Morgan fingerprint density at radius 1 is 1.21 bits per heavy atom. The highest BCUT2D eigenvalue weighted by atomic mass is 16.5. The standard InChI is InChI=1S/C15H24N2O2/c1-10-5-14(18-3)15(19-4)6-12(10)8-17-7-11(2)13(16)9-17/h5-6,11,13H,7-9,16H2,1-4H3. The van der Waals surface area contributed by atoms with Crippen LogP contribution in [0.4, 0.5) is 0 Å². The first-order valence-corrected chi connectivity index (χ1v) is 6.74. The van der Waals surface area contributed by atoms with Gasteiger partial charge in [-0.05, 0) is 36.1 Å². The molecule has 0 saturated carbocycles. The van der Waals surface area contributed by atoms with Crippen molar-refractivity contribution in [3.8, 4) is 11.5 Å². The van der Waals surface area contributed by atoms with Crippen LogP contribution in [0.15, 0.2) is 12.1 Å². The van der Waals surface area contributed by atoms with Crippen molar-refractivity contribution in [3.63, 3.8) is 0 Å². The van der Waals surface area contributed by atoms with Gasteiger partial charge in [0.15, 0.2) is 11.5 Å². The van der Waals surface area contributed by atoms with Gasteiger partial charge in [-0.2, -0.15) is 0 Å². The second-order valence-electron chi connectivity index (χ2n) is 5.47. The van der Waals surface area contributed by atoms with Gasteiger partial charge in [0.25, 0.3) is 0 Å². The Kier molecular flexibility index (Phi) is 4.32. The van der Waals surface area contributed by atoms with Gasteiger partial charge in [-0.1, -0.05) is 6.92 Å². The molecule has 0 spiro atoms. The number of benzene rings is 1. The Labute approximate surface area is 115 Å². The summed E-state index contributed by atoms with van der Waals surface area (Å²) in [6.07, 6.45) is 0. The van der Waals surface area contributed by atoms with Crippen LogP contribution in [0.3, 0.4) is 0 Å². The summed E-state index contributed by atoms with van der Waals surface area (Å²) in [5.74, 6) is 2.15. The monoisotopic (exact) mass is 264 g/mol. The number of aryl methyl sites for hydroxylation is 1. The summed E-state index contributed by atoms with van der Waals surface area (Å²) in [6, 6.07) is 4.40. The van der Waals surface area contributed by atoms with E-state index >= 15 is 0 Å². The molecule has 0 amide bonds. The average Bonchev–Trinajstić information content (AvgIpc) is 2.70. The molecular formula is C15H24N2O2. The van der Waals surface area contributed by atoms with Crippen molar-refractivity contribution in [2.75, 3.05) is 27.3 Å². The van der Waals surface area contributed by atoms with E-state index in [1.54, 1.807) is 14.2 Å². The van der Waals surface area contributed by atoms with E-state index in [0.717, 1.165) is 31.1 Å². The van der Waals surface area contributed by atoms with Crippen molar-refractivity contribution >= 4 is 0 Å². The maximum absolute atomic E-state index is 6.08. The molecule has 1 fully saturated rings. The van der Waals surface area contributed by atoms with E-state index in [1.807, 2.05) is 6.07 Å². The Bertz CT molecular complexity index is 438. The zero-order valence-electron chi connectivity index (χ0n) is 12.3. The molecule has 0 aliphatic carbocycles. The number of hydrogen-bond donors (Lipinski definition) is 1. The molecule has 0 bridgehead atoms. The molecule has 1 heterocycles. The van der Waals surface area contributed by atoms with E-state index in [9.17, 15) is 0 Å². The van der Waals surface area contributed by atoms with Crippen molar-refractivity contribution in [1.29, 1.82) is 0 Å². The van der Waals surface area contributed by atoms with Gasteiger partial charge in [-0.3, -0.25) is 4.90 Å². The number of nitrogens with two attached hydrogens (primary N) is 1. The number of likely N-dealkylation sites (tertiary alicyclic amines) is 1. The van der Waals surface area contributed by atoms with Crippen molar-refractivity contribution in [1.82, 2.24) is 4.90 Å². The van der Waals surface area contributed by atoms with Gasteiger partial charge in [0.2, 0.25) is 0 Å². The summed E-state index contributed by atoms with van der Waals surface area (Å²) < 4.78 is 10.7. The van der Waals surface area contributed by atoms with Gasteiger partial charge >= 0.3 is 0 Å².